The molecule has 18 heavy (non-hydrogen) atoms. The van der Waals surface area contributed by atoms with E-state index in [4.69, 9.17) is 0 Å². The van der Waals surface area contributed by atoms with E-state index >= 15 is 0 Å². The van der Waals surface area contributed by atoms with Gasteiger partial charge >= 0.3 is 0 Å². The molecule has 0 aliphatic carbocycles. The highest BCUT2D eigenvalue weighted by Gasteiger charge is 2.29. The minimum absolute atomic E-state index is 0.212. The molecule has 1 rings (SSSR count). The van der Waals surface area contributed by atoms with E-state index in [1.54, 1.807) is 13.8 Å². The first-order valence-corrected chi connectivity index (χ1v) is 7.36. The molecular formula is C12H17F2NO2S. The average molecular weight is 277 g/mol. The molecule has 0 radical (unpaired) electrons. The summed E-state index contributed by atoms with van der Waals surface area (Å²) in [5.74, 6) is -1.29. The minimum Gasteiger partial charge on any atom is -0.311 e. The van der Waals surface area contributed by atoms with Crippen LogP contribution >= 0.6 is 0 Å². The van der Waals surface area contributed by atoms with Crippen LogP contribution in [0.25, 0.3) is 0 Å². The van der Waals surface area contributed by atoms with Gasteiger partial charge < -0.3 is 5.32 Å². The van der Waals surface area contributed by atoms with Crippen molar-refractivity contribution in [3.05, 3.63) is 35.4 Å². The average Bonchev–Trinajstić information content (AvgIpc) is 2.13. The van der Waals surface area contributed by atoms with Gasteiger partial charge in [-0.2, -0.15) is 0 Å². The summed E-state index contributed by atoms with van der Waals surface area (Å²) in [6.45, 7) is 3.63. The van der Waals surface area contributed by atoms with Crippen LogP contribution in [0.2, 0.25) is 0 Å². The zero-order valence-corrected chi connectivity index (χ0v) is 11.4. The van der Waals surface area contributed by atoms with Crippen molar-refractivity contribution in [3.63, 3.8) is 0 Å². The van der Waals surface area contributed by atoms with Crippen molar-refractivity contribution >= 4 is 9.84 Å². The molecule has 0 heterocycles. The molecule has 0 aromatic heterocycles. The predicted molar refractivity (Wildman–Crippen MR) is 67.0 cm³/mol. The highest BCUT2D eigenvalue weighted by molar-refractivity contribution is 7.92. The number of halogens is 2. The number of hydrogen-bond donors (Lipinski definition) is 1. The van der Waals surface area contributed by atoms with Crippen molar-refractivity contribution in [1.29, 1.82) is 0 Å². The zero-order valence-electron chi connectivity index (χ0n) is 10.6. The van der Waals surface area contributed by atoms with E-state index in [9.17, 15) is 17.2 Å². The lowest BCUT2D eigenvalue weighted by molar-refractivity contribution is 0.519. The van der Waals surface area contributed by atoms with E-state index in [1.165, 1.54) is 12.1 Å². The largest absolute Gasteiger partial charge is 0.311 e. The first-order valence-electron chi connectivity index (χ1n) is 5.47. The van der Waals surface area contributed by atoms with Crippen LogP contribution in [0.4, 0.5) is 8.78 Å². The fourth-order valence-corrected chi connectivity index (χ4v) is 1.72. The van der Waals surface area contributed by atoms with Gasteiger partial charge in [-0.1, -0.05) is 0 Å². The molecule has 0 atom stereocenters. The third-order valence-corrected chi connectivity index (χ3v) is 4.96. The van der Waals surface area contributed by atoms with Crippen molar-refractivity contribution in [1.82, 2.24) is 5.32 Å². The Hall–Kier alpha value is -1.01. The van der Waals surface area contributed by atoms with Gasteiger partial charge in [0.25, 0.3) is 0 Å². The number of nitrogens with one attached hydrogen (secondary N) is 1. The quantitative estimate of drug-likeness (QED) is 0.894. The van der Waals surface area contributed by atoms with Crippen molar-refractivity contribution in [2.24, 2.45) is 0 Å². The van der Waals surface area contributed by atoms with Crippen LogP contribution in [-0.2, 0) is 16.4 Å². The van der Waals surface area contributed by atoms with Gasteiger partial charge in [-0.3, -0.25) is 0 Å². The predicted octanol–water partition coefficient (Wildman–Crippen LogP) is 1.88. The maximum atomic E-state index is 12.9. The van der Waals surface area contributed by atoms with Gasteiger partial charge in [0.15, 0.2) is 9.84 Å². The van der Waals surface area contributed by atoms with Crippen molar-refractivity contribution in [3.8, 4) is 0 Å². The number of rotatable bonds is 5. The molecule has 0 fully saturated rings. The Morgan fingerprint density at radius 1 is 1.17 bits per heavy atom. The van der Waals surface area contributed by atoms with Crippen molar-refractivity contribution < 1.29 is 17.2 Å². The monoisotopic (exact) mass is 277 g/mol. The van der Waals surface area contributed by atoms with Gasteiger partial charge in [-0.05, 0) is 31.5 Å². The highest BCUT2D eigenvalue weighted by atomic mass is 32.2. The van der Waals surface area contributed by atoms with Crippen LogP contribution in [0.3, 0.4) is 0 Å². The summed E-state index contributed by atoms with van der Waals surface area (Å²) in [5, 5.41) is 2.89. The zero-order chi connectivity index (χ0) is 14.0. The van der Waals surface area contributed by atoms with E-state index in [1.807, 2.05) is 0 Å². The second-order valence-corrected chi connectivity index (χ2v) is 7.56. The molecule has 1 aromatic carbocycles. The Labute approximate surface area is 106 Å². The van der Waals surface area contributed by atoms with Gasteiger partial charge in [-0.25, -0.2) is 17.2 Å². The number of hydrogen-bond acceptors (Lipinski definition) is 3. The summed E-state index contributed by atoms with van der Waals surface area (Å²) >= 11 is 0. The topological polar surface area (TPSA) is 46.2 Å². The maximum Gasteiger partial charge on any atom is 0.153 e. The molecule has 0 saturated carbocycles. The van der Waals surface area contributed by atoms with Crippen LogP contribution in [0.5, 0.6) is 0 Å². The van der Waals surface area contributed by atoms with Crippen molar-refractivity contribution in [2.75, 3.05) is 12.8 Å². The number of sulfone groups is 1. The summed E-state index contributed by atoms with van der Waals surface area (Å²) in [7, 11) is -3.18. The molecule has 6 heteroatoms. The Balaban J connectivity index is 2.62. The van der Waals surface area contributed by atoms with Gasteiger partial charge in [0.05, 0.1) is 4.75 Å². The third-order valence-electron chi connectivity index (χ3n) is 2.81. The molecule has 1 aromatic rings. The summed E-state index contributed by atoms with van der Waals surface area (Å²) in [4.78, 5) is 0. The first-order chi connectivity index (χ1) is 8.12. The maximum absolute atomic E-state index is 12.9. The van der Waals surface area contributed by atoms with Crippen molar-refractivity contribution in [2.45, 2.75) is 25.1 Å². The second kappa shape index (κ2) is 5.32. The van der Waals surface area contributed by atoms with Gasteiger partial charge in [0, 0.05) is 25.4 Å². The molecule has 0 unspecified atom stereocenters. The van der Waals surface area contributed by atoms with Crippen LogP contribution in [-0.4, -0.2) is 26.0 Å². The lowest BCUT2D eigenvalue weighted by Gasteiger charge is -2.22. The normalized spacial score (nSPS) is 12.7. The Morgan fingerprint density at radius 3 is 2.11 bits per heavy atom. The molecule has 0 aliphatic rings. The van der Waals surface area contributed by atoms with Gasteiger partial charge in [-0.15, -0.1) is 0 Å². The van der Waals surface area contributed by atoms with Crippen LogP contribution in [0, 0.1) is 11.6 Å². The molecule has 0 bridgehead atoms. The van der Waals surface area contributed by atoms with E-state index in [0.717, 1.165) is 12.3 Å². The molecule has 0 amide bonds. The Kier molecular flexibility index (Phi) is 4.45. The van der Waals surface area contributed by atoms with E-state index in [0.29, 0.717) is 5.56 Å². The number of benzene rings is 1. The van der Waals surface area contributed by atoms with Gasteiger partial charge in [0.1, 0.15) is 11.6 Å². The summed E-state index contributed by atoms with van der Waals surface area (Å²) in [6.07, 6.45) is 1.16. The molecule has 0 saturated heterocycles. The SMILES string of the molecule is CC(C)(CNCc1cc(F)cc(F)c1)S(C)(=O)=O. The highest BCUT2D eigenvalue weighted by Crippen LogP contribution is 2.14. The minimum atomic E-state index is -3.18. The Morgan fingerprint density at radius 2 is 1.67 bits per heavy atom. The summed E-state index contributed by atoms with van der Waals surface area (Å²) < 4.78 is 47.8. The van der Waals surface area contributed by atoms with Crippen LogP contribution < -0.4 is 5.32 Å². The van der Waals surface area contributed by atoms with E-state index in [-0.39, 0.29) is 13.1 Å². The molecule has 0 aliphatic heterocycles. The van der Waals surface area contributed by atoms with Crippen LogP contribution in [0.1, 0.15) is 19.4 Å². The lowest BCUT2D eigenvalue weighted by Crippen LogP contribution is -2.41. The van der Waals surface area contributed by atoms with E-state index < -0.39 is 26.2 Å². The van der Waals surface area contributed by atoms with E-state index in [2.05, 4.69) is 5.32 Å². The summed E-state index contributed by atoms with van der Waals surface area (Å²) in [6, 6.07) is 3.22. The van der Waals surface area contributed by atoms with Gasteiger partial charge in [0.2, 0.25) is 0 Å². The summed E-state index contributed by atoms with van der Waals surface area (Å²) in [5.41, 5.74) is 0.441. The molecule has 1 N–H and O–H groups in total. The Bertz CT molecular complexity index is 507. The second-order valence-electron chi connectivity index (χ2n) is 4.91. The molecule has 102 valence electrons. The fraction of sp³-hybridized carbons (Fsp3) is 0.500. The lowest BCUT2D eigenvalue weighted by atomic mass is 10.2. The first kappa shape index (κ1) is 15.0. The smallest absolute Gasteiger partial charge is 0.153 e. The standard InChI is InChI=1S/C12H17F2NO2S/c1-12(2,18(3,16)17)8-15-7-9-4-10(13)6-11(14)5-9/h4-6,15H,7-8H2,1-3H3. The third kappa shape index (κ3) is 4.03. The van der Waals surface area contributed by atoms with Crippen LogP contribution in [0.15, 0.2) is 18.2 Å². The molecule has 0 spiro atoms. The molecule has 3 nitrogen and oxygen atoms in total. The fourth-order valence-electron chi connectivity index (χ4n) is 1.35. The molecular weight excluding hydrogens is 260 g/mol.